The third-order valence-corrected chi connectivity index (χ3v) is 3.71. The fourth-order valence-electron chi connectivity index (χ4n) is 2.59. The highest BCUT2D eigenvalue weighted by Gasteiger charge is 2.23. The molecule has 0 bridgehead atoms. The molecule has 1 N–H and O–H groups in total. The van der Waals surface area contributed by atoms with Crippen LogP contribution < -0.4 is 0 Å². The molecule has 0 amide bonds. The summed E-state index contributed by atoms with van der Waals surface area (Å²) in [6.07, 6.45) is 1.67. The topological polar surface area (TPSA) is 32.7 Å². The summed E-state index contributed by atoms with van der Waals surface area (Å²) < 4.78 is 5.67. The lowest BCUT2D eigenvalue weighted by Gasteiger charge is -2.33. The Hall–Kier alpha value is -0.900. The van der Waals surface area contributed by atoms with E-state index in [9.17, 15) is 5.11 Å². The van der Waals surface area contributed by atoms with Crippen LogP contribution in [0.5, 0.6) is 0 Å². The molecule has 3 nitrogen and oxygen atoms in total. The molecule has 3 heteroatoms. The minimum Gasteiger partial charge on any atom is -0.389 e. The number of likely N-dealkylation sites (N-methyl/N-ethyl adjacent to an activating group) is 1. The molecule has 1 aromatic carbocycles. The molecule has 1 rings (SSSR count). The monoisotopic (exact) mass is 279 g/mol. The zero-order valence-corrected chi connectivity index (χ0v) is 13.1. The predicted octanol–water partition coefficient (Wildman–Crippen LogP) is 3.07. The second kappa shape index (κ2) is 9.92. The van der Waals surface area contributed by atoms with Gasteiger partial charge in [-0.3, -0.25) is 4.90 Å². The van der Waals surface area contributed by atoms with Gasteiger partial charge in [0.15, 0.2) is 0 Å². The van der Waals surface area contributed by atoms with Crippen molar-refractivity contribution in [2.45, 2.75) is 52.4 Å². The van der Waals surface area contributed by atoms with Gasteiger partial charge in [0.1, 0.15) is 0 Å². The average Bonchev–Trinajstić information content (AvgIpc) is 2.48. The van der Waals surface area contributed by atoms with Gasteiger partial charge in [0.25, 0.3) is 0 Å². The molecular formula is C17H29NO2. The highest BCUT2D eigenvalue weighted by molar-refractivity contribution is 5.13. The van der Waals surface area contributed by atoms with Gasteiger partial charge in [-0.1, -0.05) is 57.5 Å². The van der Waals surface area contributed by atoms with Gasteiger partial charge in [0.05, 0.1) is 19.3 Å². The van der Waals surface area contributed by atoms with Crippen molar-refractivity contribution < 1.29 is 9.84 Å². The number of aliphatic hydroxyl groups excluding tert-OH is 1. The van der Waals surface area contributed by atoms with E-state index < -0.39 is 6.10 Å². The van der Waals surface area contributed by atoms with E-state index in [0.29, 0.717) is 13.2 Å². The predicted molar refractivity (Wildman–Crippen MR) is 83.7 cm³/mol. The summed E-state index contributed by atoms with van der Waals surface area (Å²) in [7, 11) is 0. The number of rotatable bonds is 10. The Balaban J connectivity index is 2.43. The van der Waals surface area contributed by atoms with Crippen molar-refractivity contribution in [2.24, 2.45) is 0 Å². The van der Waals surface area contributed by atoms with Crippen LogP contribution in [-0.4, -0.2) is 41.8 Å². The largest absolute Gasteiger partial charge is 0.389 e. The lowest BCUT2D eigenvalue weighted by molar-refractivity contribution is -0.0235. The summed E-state index contributed by atoms with van der Waals surface area (Å²) in [5, 5.41) is 10.4. The van der Waals surface area contributed by atoms with E-state index in [1.807, 2.05) is 30.3 Å². The van der Waals surface area contributed by atoms with Gasteiger partial charge >= 0.3 is 0 Å². The second-order valence-electron chi connectivity index (χ2n) is 5.15. The van der Waals surface area contributed by atoms with Crippen LogP contribution in [0.1, 0.15) is 39.2 Å². The molecule has 0 fully saturated rings. The maximum Gasteiger partial charge on any atom is 0.0928 e. The third kappa shape index (κ3) is 5.61. The number of ether oxygens (including phenoxy) is 1. The van der Waals surface area contributed by atoms with Gasteiger partial charge in [0, 0.05) is 6.04 Å². The quantitative estimate of drug-likeness (QED) is 0.714. The van der Waals surface area contributed by atoms with Crippen molar-refractivity contribution in [2.75, 3.05) is 19.7 Å². The highest BCUT2D eigenvalue weighted by Crippen LogP contribution is 2.12. The van der Waals surface area contributed by atoms with Crippen LogP contribution in [0.2, 0.25) is 0 Å². The minimum absolute atomic E-state index is 0.200. The molecule has 0 aliphatic rings. The Morgan fingerprint density at radius 2 is 1.75 bits per heavy atom. The van der Waals surface area contributed by atoms with Gasteiger partial charge in [-0.25, -0.2) is 0 Å². The Bertz CT molecular complexity index is 338. The summed E-state index contributed by atoms with van der Waals surface area (Å²) in [4.78, 5) is 2.32. The molecule has 1 aromatic rings. The number of hydrogen-bond acceptors (Lipinski definition) is 3. The molecule has 0 saturated carbocycles. The van der Waals surface area contributed by atoms with Crippen molar-refractivity contribution in [1.29, 1.82) is 0 Å². The van der Waals surface area contributed by atoms with Crippen LogP contribution in [-0.2, 0) is 11.3 Å². The smallest absolute Gasteiger partial charge is 0.0928 e. The van der Waals surface area contributed by atoms with Crippen LogP contribution in [0.15, 0.2) is 30.3 Å². The van der Waals surface area contributed by atoms with E-state index >= 15 is 0 Å². The second-order valence-corrected chi connectivity index (χ2v) is 5.15. The molecule has 114 valence electrons. The summed E-state index contributed by atoms with van der Waals surface area (Å²) in [6, 6.07) is 10.3. The Labute approximate surface area is 123 Å². The van der Waals surface area contributed by atoms with E-state index in [2.05, 4.69) is 25.7 Å². The van der Waals surface area contributed by atoms with Gasteiger partial charge in [-0.2, -0.15) is 0 Å². The van der Waals surface area contributed by atoms with Crippen LogP contribution in [0.4, 0.5) is 0 Å². The molecule has 0 spiro atoms. The van der Waals surface area contributed by atoms with Crippen LogP contribution in [0.25, 0.3) is 0 Å². The molecule has 0 aliphatic carbocycles. The van der Waals surface area contributed by atoms with Crippen molar-refractivity contribution in [3.05, 3.63) is 35.9 Å². The molecule has 0 aliphatic heterocycles. The third-order valence-electron chi connectivity index (χ3n) is 3.71. The zero-order valence-electron chi connectivity index (χ0n) is 13.1. The van der Waals surface area contributed by atoms with Gasteiger partial charge < -0.3 is 9.84 Å². The van der Waals surface area contributed by atoms with E-state index in [0.717, 1.165) is 31.5 Å². The molecule has 2 atom stereocenters. The number of benzene rings is 1. The van der Waals surface area contributed by atoms with Crippen molar-refractivity contribution in [3.8, 4) is 0 Å². The van der Waals surface area contributed by atoms with Crippen LogP contribution in [0.3, 0.4) is 0 Å². The summed E-state index contributed by atoms with van der Waals surface area (Å²) in [5.41, 5.74) is 1.15. The first kappa shape index (κ1) is 17.2. The average molecular weight is 279 g/mol. The molecular weight excluding hydrogens is 250 g/mol. The van der Waals surface area contributed by atoms with Crippen molar-refractivity contribution >= 4 is 0 Å². The molecule has 20 heavy (non-hydrogen) atoms. The fourth-order valence-corrected chi connectivity index (χ4v) is 2.59. The first-order valence-electron chi connectivity index (χ1n) is 7.76. The van der Waals surface area contributed by atoms with Crippen LogP contribution >= 0.6 is 0 Å². The number of aliphatic hydroxyl groups is 1. The van der Waals surface area contributed by atoms with E-state index in [4.69, 9.17) is 4.74 Å². The fraction of sp³-hybridized carbons (Fsp3) is 0.647. The van der Waals surface area contributed by atoms with Crippen LogP contribution in [0, 0.1) is 0 Å². The number of nitrogens with zero attached hydrogens (tertiary/aromatic N) is 1. The first-order valence-corrected chi connectivity index (χ1v) is 7.76. The van der Waals surface area contributed by atoms with Gasteiger partial charge in [-0.15, -0.1) is 0 Å². The van der Waals surface area contributed by atoms with Gasteiger partial charge in [-0.05, 0) is 25.1 Å². The molecule has 0 heterocycles. The zero-order chi connectivity index (χ0) is 14.8. The van der Waals surface area contributed by atoms with Crippen molar-refractivity contribution in [3.63, 3.8) is 0 Å². The maximum atomic E-state index is 10.4. The Kier molecular flexibility index (Phi) is 8.51. The van der Waals surface area contributed by atoms with Gasteiger partial charge in [0.2, 0.25) is 0 Å². The lowest BCUT2D eigenvalue weighted by atomic mass is 10.0. The molecule has 0 radical (unpaired) electrons. The maximum absolute atomic E-state index is 10.4. The Morgan fingerprint density at radius 3 is 2.30 bits per heavy atom. The first-order chi connectivity index (χ1) is 9.72. The molecule has 0 unspecified atom stereocenters. The normalized spacial score (nSPS) is 14.4. The van der Waals surface area contributed by atoms with E-state index in [-0.39, 0.29) is 6.04 Å². The lowest BCUT2D eigenvalue weighted by Crippen LogP contribution is -2.45. The SMILES string of the molecule is CCC[C@@H]([C@@H](O)COCc1ccccc1)N(CC)CC. The standard InChI is InChI=1S/C17H29NO2/c1-4-10-16(18(5-2)6-3)17(19)14-20-13-15-11-8-7-9-12-15/h7-9,11-12,16-17,19H,4-6,10,13-14H2,1-3H3/t16-,17-/m0/s1. The number of hydrogen-bond donors (Lipinski definition) is 1. The summed E-state index contributed by atoms with van der Waals surface area (Å²) in [6.45, 7) is 9.35. The summed E-state index contributed by atoms with van der Waals surface area (Å²) >= 11 is 0. The summed E-state index contributed by atoms with van der Waals surface area (Å²) in [5.74, 6) is 0. The molecule has 0 aromatic heterocycles. The molecule has 0 saturated heterocycles. The van der Waals surface area contributed by atoms with Crippen molar-refractivity contribution in [1.82, 2.24) is 4.90 Å². The van der Waals surface area contributed by atoms with E-state index in [1.165, 1.54) is 0 Å². The minimum atomic E-state index is -0.418. The Morgan fingerprint density at radius 1 is 1.10 bits per heavy atom. The van der Waals surface area contributed by atoms with E-state index in [1.54, 1.807) is 0 Å². The highest BCUT2D eigenvalue weighted by atomic mass is 16.5.